The zero-order valence-electron chi connectivity index (χ0n) is 12.8. The maximum absolute atomic E-state index is 11.1. The number of carbonyl (C=O) groups is 1. The number of esters is 1. The van der Waals surface area contributed by atoms with E-state index in [4.69, 9.17) is 13.6 Å². The van der Waals surface area contributed by atoms with Crippen LogP contribution in [0.3, 0.4) is 0 Å². The fraction of sp³-hybridized carbons (Fsp3) is 0.786. The van der Waals surface area contributed by atoms with Crippen molar-refractivity contribution in [1.29, 1.82) is 0 Å². The Balaban J connectivity index is 3.60. The highest BCUT2D eigenvalue weighted by atomic mass is 28.4. The van der Waals surface area contributed by atoms with Crippen LogP contribution in [0.1, 0.15) is 39.5 Å². The van der Waals surface area contributed by atoms with Crippen LogP contribution in [-0.4, -0.2) is 35.4 Å². The lowest BCUT2D eigenvalue weighted by Crippen LogP contribution is -2.38. The summed E-state index contributed by atoms with van der Waals surface area (Å²) in [4.78, 5) is 11.1. The van der Waals surface area contributed by atoms with Crippen molar-refractivity contribution in [2.45, 2.75) is 51.6 Å². The normalized spacial score (nSPS) is 11.4. The summed E-state index contributed by atoms with van der Waals surface area (Å²) in [6.45, 7) is 7.80. The van der Waals surface area contributed by atoms with Gasteiger partial charge in [0.05, 0.1) is 6.61 Å². The average Bonchev–Trinajstić information content (AvgIpc) is 2.42. The van der Waals surface area contributed by atoms with Gasteiger partial charge in [-0.15, -0.1) is 0 Å². The third kappa shape index (κ3) is 7.50. The average molecular weight is 288 g/mol. The van der Waals surface area contributed by atoms with Crippen LogP contribution < -0.4 is 0 Å². The molecule has 0 bridgehead atoms. The number of unbranched alkanes of at least 4 members (excludes halogenated alkanes) is 3. The van der Waals surface area contributed by atoms with Crippen molar-refractivity contribution >= 4 is 14.5 Å². The molecule has 0 amide bonds. The standard InChI is InChI=1S/C14H28O4Si/c1-6-19(16-4,17-5)12-10-8-7-9-11-18-14(15)13(2)3/h2,6-12H2,1,3-5H3. The minimum Gasteiger partial charge on any atom is -0.462 e. The summed E-state index contributed by atoms with van der Waals surface area (Å²) >= 11 is 0. The predicted octanol–water partition coefficient (Wildman–Crippen LogP) is 3.42. The van der Waals surface area contributed by atoms with Gasteiger partial charge in [0, 0.05) is 19.8 Å². The first-order chi connectivity index (χ1) is 9.01. The third-order valence-corrected chi connectivity index (χ3v) is 7.00. The van der Waals surface area contributed by atoms with Crippen molar-refractivity contribution in [3.05, 3.63) is 12.2 Å². The van der Waals surface area contributed by atoms with E-state index in [-0.39, 0.29) is 5.97 Å². The minimum atomic E-state index is -1.92. The topological polar surface area (TPSA) is 44.8 Å². The Morgan fingerprint density at radius 1 is 1.11 bits per heavy atom. The van der Waals surface area contributed by atoms with Gasteiger partial charge in [-0.1, -0.05) is 32.8 Å². The van der Waals surface area contributed by atoms with Crippen molar-refractivity contribution in [3.63, 3.8) is 0 Å². The summed E-state index contributed by atoms with van der Waals surface area (Å²) in [7, 11) is 1.58. The van der Waals surface area contributed by atoms with Gasteiger partial charge >= 0.3 is 14.5 Å². The van der Waals surface area contributed by atoms with E-state index >= 15 is 0 Å². The molecular formula is C14H28O4Si. The van der Waals surface area contributed by atoms with Crippen LogP contribution in [0.2, 0.25) is 12.1 Å². The first-order valence-electron chi connectivity index (χ1n) is 6.94. The molecule has 0 saturated carbocycles. The lowest BCUT2D eigenvalue weighted by molar-refractivity contribution is -0.139. The van der Waals surface area contributed by atoms with Crippen LogP contribution in [0.15, 0.2) is 12.2 Å². The summed E-state index contributed by atoms with van der Waals surface area (Å²) < 4.78 is 16.2. The van der Waals surface area contributed by atoms with Gasteiger partial charge in [-0.2, -0.15) is 0 Å². The molecule has 4 nitrogen and oxygen atoms in total. The molecule has 0 aromatic carbocycles. The number of hydrogen-bond donors (Lipinski definition) is 0. The maximum Gasteiger partial charge on any atom is 0.337 e. The second kappa shape index (κ2) is 10.2. The Morgan fingerprint density at radius 2 is 1.68 bits per heavy atom. The van der Waals surface area contributed by atoms with Crippen LogP contribution in [0.5, 0.6) is 0 Å². The second-order valence-electron chi connectivity index (χ2n) is 4.75. The quantitative estimate of drug-likeness (QED) is 0.253. The largest absolute Gasteiger partial charge is 0.462 e. The molecule has 0 aromatic heterocycles. The van der Waals surface area contributed by atoms with Crippen molar-refractivity contribution in [2.24, 2.45) is 0 Å². The first-order valence-corrected chi connectivity index (χ1v) is 9.17. The molecule has 0 aliphatic rings. The summed E-state index contributed by atoms with van der Waals surface area (Å²) in [5, 5.41) is 0. The molecule has 0 aliphatic heterocycles. The van der Waals surface area contributed by atoms with Gasteiger partial charge in [0.15, 0.2) is 0 Å². The molecule has 0 radical (unpaired) electrons. The van der Waals surface area contributed by atoms with E-state index in [1.807, 2.05) is 0 Å². The van der Waals surface area contributed by atoms with Gasteiger partial charge < -0.3 is 13.6 Å². The second-order valence-corrected chi connectivity index (χ2v) is 8.60. The molecule has 0 heterocycles. The van der Waals surface area contributed by atoms with Crippen molar-refractivity contribution in [2.75, 3.05) is 20.8 Å². The smallest absolute Gasteiger partial charge is 0.337 e. The van der Waals surface area contributed by atoms with E-state index in [2.05, 4.69) is 13.5 Å². The first kappa shape index (κ1) is 18.3. The fourth-order valence-corrected chi connectivity index (χ4v) is 4.19. The van der Waals surface area contributed by atoms with Crippen LogP contribution in [0.4, 0.5) is 0 Å². The molecule has 19 heavy (non-hydrogen) atoms. The monoisotopic (exact) mass is 288 g/mol. The Labute approximate surface area is 118 Å². The molecule has 0 N–H and O–H groups in total. The van der Waals surface area contributed by atoms with Gasteiger partial charge in [-0.3, -0.25) is 0 Å². The summed E-state index contributed by atoms with van der Waals surface area (Å²) in [6, 6.07) is 2.01. The Bertz CT molecular complexity index is 266. The highest BCUT2D eigenvalue weighted by Gasteiger charge is 2.32. The number of carbonyl (C=O) groups excluding carboxylic acids is 1. The molecule has 0 aromatic rings. The van der Waals surface area contributed by atoms with E-state index in [0.717, 1.165) is 37.8 Å². The highest BCUT2D eigenvalue weighted by Crippen LogP contribution is 2.20. The lowest BCUT2D eigenvalue weighted by Gasteiger charge is -2.25. The highest BCUT2D eigenvalue weighted by molar-refractivity contribution is 6.67. The van der Waals surface area contributed by atoms with Crippen molar-refractivity contribution in [1.82, 2.24) is 0 Å². The molecule has 5 heteroatoms. The van der Waals surface area contributed by atoms with Crippen molar-refractivity contribution < 1.29 is 18.4 Å². The molecule has 0 saturated heterocycles. The molecule has 0 fully saturated rings. The van der Waals surface area contributed by atoms with Crippen molar-refractivity contribution in [3.8, 4) is 0 Å². The molecule has 0 rings (SSSR count). The number of ether oxygens (including phenoxy) is 1. The van der Waals surface area contributed by atoms with Gasteiger partial charge in [0.25, 0.3) is 0 Å². The zero-order valence-corrected chi connectivity index (χ0v) is 13.8. The minimum absolute atomic E-state index is 0.295. The van der Waals surface area contributed by atoms with E-state index in [1.165, 1.54) is 0 Å². The lowest BCUT2D eigenvalue weighted by atomic mass is 10.2. The zero-order chi connectivity index (χ0) is 14.7. The van der Waals surface area contributed by atoms with Gasteiger partial charge in [0.1, 0.15) is 0 Å². The van der Waals surface area contributed by atoms with Crippen LogP contribution >= 0.6 is 0 Å². The van der Waals surface area contributed by atoms with Crippen LogP contribution in [-0.2, 0) is 18.4 Å². The summed E-state index contributed by atoms with van der Waals surface area (Å²) in [6.07, 6.45) is 4.19. The number of rotatable bonds is 11. The Morgan fingerprint density at radius 3 is 2.16 bits per heavy atom. The number of hydrogen-bond acceptors (Lipinski definition) is 4. The van der Waals surface area contributed by atoms with E-state index in [1.54, 1.807) is 21.1 Å². The third-order valence-electron chi connectivity index (χ3n) is 3.32. The Hall–Kier alpha value is -0.653. The van der Waals surface area contributed by atoms with E-state index in [0.29, 0.717) is 12.2 Å². The molecular weight excluding hydrogens is 260 g/mol. The van der Waals surface area contributed by atoms with Gasteiger partial charge in [-0.05, 0) is 25.4 Å². The predicted molar refractivity (Wildman–Crippen MR) is 79.3 cm³/mol. The summed E-state index contributed by atoms with van der Waals surface area (Å²) in [5.74, 6) is -0.295. The molecule has 0 atom stereocenters. The molecule has 0 aliphatic carbocycles. The Kier molecular flexibility index (Phi) is 9.82. The molecule has 112 valence electrons. The van der Waals surface area contributed by atoms with Crippen LogP contribution in [0.25, 0.3) is 0 Å². The maximum atomic E-state index is 11.1. The van der Waals surface area contributed by atoms with E-state index < -0.39 is 8.56 Å². The van der Waals surface area contributed by atoms with Gasteiger partial charge in [0.2, 0.25) is 0 Å². The molecule has 0 unspecified atom stereocenters. The SMILES string of the molecule is C=C(C)C(=O)OCCCCCC[Si](CC)(OC)OC. The fourth-order valence-electron chi connectivity index (χ4n) is 1.89. The molecule has 0 spiro atoms. The summed E-state index contributed by atoms with van der Waals surface area (Å²) in [5.41, 5.74) is 0.457. The van der Waals surface area contributed by atoms with Gasteiger partial charge in [-0.25, -0.2) is 4.79 Å². The van der Waals surface area contributed by atoms with E-state index in [9.17, 15) is 4.79 Å². The van der Waals surface area contributed by atoms with Crippen LogP contribution in [0, 0.1) is 0 Å².